The van der Waals surface area contributed by atoms with Crippen LogP contribution in [0.5, 0.6) is 0 Å². The standard InChI is InChI=1S/C31H38N6O3/c1-20-15-21(2)34-31(39)26(20)17-32-30(38)25-16-28(35-29-27(25)18-33-37(29)24-5-3-4-6-24)23-9-7-22(8-10-23)19-36-11-13-40-14-12-36/h7-10,15-16,18,24,30,32,38H,3-6,11-14,17,19H2,1-2H3,(H,34,39). The normalized spacial score (nSPS) is 17.6. The first-order valence-electron chi connectivity index (χ1n) is 14.3. The molecule has 1 unspecified atom stereocenters. The van der Waals surface area contributed by atoms with Gasteiger partial charge in [0.15, 0.2) is 5.65 Å². The SMILES string of the molecule is Cc1cc(C)c(CNC(O)c2cc(-c3ccc(CN4CCOCC4)cc3)nc3c2cnn3C2CCCC2)c(=O)[nH]1. The summed E-state index contributed by atoms with van der Waals surface area (Å²) in [5, 5.41) is 20.1. The number of aromatic nitrogens is 4. The third-order valence-electron chi connectivity index (χ3n) is 8.29. The number of rotatable bonds is 8. The Balaban J connectivity index is 1.32. The maximum atomic E-state index is 12.6. The molecule has 0 spiro atoms. The quantitative estimate of drug-likeness (QED) is 0.287. The lowest BCUT2D eigenvalue weighted by molar-refractivity contribution is 0.0342. The number of aliphatic hydroxyl groups is 1. The number of H-pyrrole nitrogens is 1. The van der Waals surface area contributed by atoms with Crippen LogP contribution in [0, 0.1) is 13.8 Å². The van der Waals surface area contributed by atoms with Crippen LogP contribution in [0.1, 0.15) is 65.9 Å². The third kappa shape index (κ3) is 5.60. The molecule has 1 aromatic carbocycles. The summed E-state index contributed by atoms with van der Waals surface area (Å²) in [7, 11) is 0. The van der Waals surface area contributed by atoms with E-state index in [1.54, 1.807) is 0 Å². The lowest BCUT2D eigenvalue weighted by Crippen LogP contribution is -2.35. The van der Waals surface area contributed by atoms with E-state index in [1.165, 1.54) is 18.4 Å². The summed E-state index contributed by atoms with van der Waals surface area (Å²) in [5.74, 6) is 0. The lowest BCUT2D eigenvalue weighted by Gasteiger charge is -2.26. The molecule has 6 rings (SSSR count). The van der Waals surface area contributed by atoms with E-state index in [9.17, 15) is 9.90 Å². The molecule has 9 nitrogen and oxygen atoms in total. The molecule has 1 aliphatic carbocycles. The summed E-state index contributed by atoms with van der Waals surface area (Å²) in [5.41, 5.74) is 6.75. The minimum absolute atomic E-state index is 0.135. The summed E-state index contributed by atoms with van der Waals surface area (Å²) < 4.78 is 7.52. The minimum atomic E-state index is -0.994. The summed E-state index contributed by atoms with van der Waals surface area (Å²) in [4.78, 5) is 22.9. The average molecular weight is 543 g/mol. The van der Waals surface area contributed by atoms with Crippen molar-refractivity contribution >= 4 is 11.0 Å². The summed E-state index contributed by atoms with van der Waals surface area (Å²) in [6.45, 7) is 8.41. The number of aromatic amines is 1. The van der Waals surface area contributed by atoms with E-state index < -0.39 is 6.23 Å². The van der Waals surface area contributed by atoms with E-state index >= 15 is 0 Å². The number of hydrogen-bond acceptors (Lipinski definition) is 7. The van der Waals surface area contributed by atoms with Crippen molar-refractivity contribution in [1.29, 1.82) is 0 Å². The van der Waals surface area contributed by atoms with E-state index in [-0.39, 0.29) is 12.1 Å². The molecule has 1 aliphatic heterocycles. The van der Waals surface area contributed by atoms with Crippen molar-refractivity contribution in [2.75, 3.05) is 26.3 Å². The Morgan fingerprint density at radius 3 is 2.60 bits per heavy atom. The molecule has 0 bridgehead atoms. The fraction of sp³-hybridized carbons (Fsp3) is 0.452. The van der Waals surface area contributed by atoms with Crippen LogP contribution in [-0.2, 0) is 17.8 Å². The Bertz CT molecular complexity index is 1530. The van der Waals surface area contributed by atoms with Gasteiger partial charge in [-0.25, -0.2) is 9.67 Å². The zero-order valence-electron chi connectivity index (χ0n) is 23.3. The maximum Gasteiger partial charge on any atom is 0.252 e. The minimum Gasteiger partial charge on any atom is -0.379 e. The van der Waals surface area contributed by atoms with E-state index in [1.807, 2.05) is 36.9 Å². The Morgan fingerprint density at radius 2 is 1.88 bits per heavy atom. The van der Waals surface area contributed by atoms with Gasteiger partial charge in [-0.2, -0.15) is 5.10 Å². The van der Waals surface area contributed by atoms with Gasteiger partial charge in [0.05, 0.1) is 31.1 Å². The number of morpholine rings is 1. The molecular formula is C31H38N6O3. The van der Waals surface area contributed by atoms with Crippen LogP contribution >= 0.6 is 0 Å². The molecule has 3 N–H and O–H groups in total. The largest absolute Gasteiger partial charge is 0.379 e. The van der Waals surface area contributed by atoms with Crippen LogP contribution in [0.25, 0.3) is 22.3 Å². The number of fused-ring (bicyclic) bond motifs is 1. The molecule has 9 heteroatoms. The van der Waals surface area contributed by atoms with Gasteiger partial charge in [-0.05, 0) is 49.9 Å². The van der Waals surface area contributed by atoms with Gasteiger partial charge in [-0.1, -0.05) is 37.1 Å². The van der Waals surface area contributed by atoms with Crippen LogP contribution in [-0.4, -0.2) is 56.1 Å². The Morgan fingerprint density at radius 1 is 1.12 bits per heavy atom. The van der Waals surface area contributed by atoms with Crippen molar-refractivity contribution < 1.29 is 9.84 Å². The molecule has 40 heavy (non-hydrogen) atoms. The maximum absolute atomic E-state index is 12.6. The zero-order chi connectivity index (χ0) is 27.6. The number of aryl methyl sites for hydroxylation is 2. The molecular weight excluding hydrogens is 504 g/mol. The number of pyridine rings is 2. The van der Waals surface area contributed by atoms with Gasteiger partial charge in [-0.15, -0.1) is 0 Å². The molecule has 1 saturated heterocycles. The Labute approximate surface area is 234 Å². The van der Waals surface area contributed by atoms with Gasteiger partial charge in [0, 0.05) is 53.9 Å². The van der Waals surface area contributed by atoms with Crippen molar-refractivity contribution in [3.63, 3.8) is 0 Å². The molecule has 210 valence electrons. The number of ether oxygens (including phenoxy) is 1. The molecule has 2 fully saturated rings. The van der Waals surface area contributed by atoms with Crippen molar-refractivity contribution in [3.05, 3.63) is 80.9 Å². The summed E-state index contributed by atoms with van der Waals surface area (Å²) >= 11 is 0. The number of hydrogen-bond donors (Lipinski definition) is 3. The molecule has 0 radical (unpaired) electrons. The number of benzene rings is 1. The Hall–Kier alpha value is -3.37. The molecule has 3 aromatic heterocycles. The molecule has 0 amide bonds. The molecule has 1 saturated carbocycles. The predicted octanol–water partition coefficient (Wildman–Crippen LogP) is 4.13. The number of nitrogens with zero attached hydrogens (tertiary/aromatic N) is 4. The van der Waals surface area contributed by atoms with Crippen molar-refractivity contribution in [2.45, 2.75) is 64.9 Å². The summed E-state index contributed by atoms with van der Waals surface area (Å²) in [6, 6.07) is 12.8. The van der Waals surface area contributed by atoms with Crippen LogP contribution in [0.2, 0.25) is 0 Å². The number of aliphatic hydroxyl groups excluding tert-OH is 1. The van der Waals surface area contributed by atoms with Crippen molar-refractivity contribution in [3.8, 4) is 11.3 Å². The van der Waals surface area contributed by atoms with Crippen molar-refractivity contribution in [2.24, 2.45) is 0 Å². The smallest absolute Gasteiger partial charge is 0.252 e. The van der Waals surface area contributed by atoms with Gasteiger partial charge in [0.25, 0.3) is 5.56 Å². The monoisotopic (exact) mass is 542 g/mol. The molecule has 4 aromatic rings. The zero-order valence-corrected chi connectivity index (χ0v) is 23.3. The average Bonchev–Trinajstić information content (AvgIpc) is 3.63. The predicted molar refractivity (Wildman–Crippen MR) is 155 cm³/mol. The highest BCUT2D eigenvalue weighted by Gasteiger charge is 2.24. The van der Waals surface area contributed by atoms with E-state index in [4.69, 9.17) is 14.8 Å². The molecule has 4 heterocycles. The fourth-order valence-electron chi connectivity index (χ4n) is 6.04. The van der Waals surface area contributed by atoms with E-state index in [0.29, 0.717) is 17.2 Å². The second-order valence-corrected chi connectivity index (χ2v) is 11.2. The van der Waals surface area contributed by atoms with Gasteiger partial charge in [0.1, 0.15) is 6.23 Å². The molecule has 2 aliphatic rings. The highest BCUT2D eigenvalue weighted by atomic mass is 16.5. The van der Waals surface area contributed by atoms with Crippen LogP contribution < -0.4 is 10.9 Å². The van der Waals surface area contributed by atoms with Gasteiger partial charge in [0.2, 0.25) is 0 Å². The van der Waals surface area contributed by atoms with Crippen LogP contribution in [0.4, 0.5) is 0 Å². The first-order valence-corrected chi connectivity index (χ1v) is 14.3. The van der Waals surface area contributed by atoms with Gasteiger partial charge >= 0.3 is 0 Å². The van der Waals surface area contributed by atoms with E-state index in [2.05, 4.69) is 39.5 Å². The number of nitrogens with one attached hydrogen (secondary N) is 2. The second-order valence-electron chi connectivity index (χ2n) is 11.2. The first kappa shape index (κ1) is 26.8. The van der Waals surface area contributed by atoms with Crippen molar-refractivity contribution in [1.82, 2.24) is 30.0 Å². The topological polar surface area (TPSA) is 108 Å². The van der Waals surface area contributed by atoms with E-state index in [0.717, 1.165) is 79.2 Å². The van der Waals surface area contributed by atoms with Crippen LogP contribution in [0.15, 0.2) is 47.4 Å². The van der Waals surface area contributed by atoms with Gasteiger partial charge in [-0.3, -0.25) is 15.0 Å². The fourth-order valence-corrected chi connectivity index (χ4v) is 6.04. The van der Waals surface area contributed by atoms with Crippen LogP contribution in [0.3, 0.4) is 0 Å². The second kappa shape index (κ2) is 11.6. The third-order valence-corrected chi connectivity index (χ3v) is 8.29. The Kier molecular flexibility index (Phi) is 7.80. The summed E-state index contributed by atoms with van der Waals surface area (Å²) in [6.07, 6.45) is 5.39. The highest BCUT2D eigenvalue weighted by molar-refractivity contribution is 5.83. The highest BCUT2D eigenvalue weighted by Crippen LogP contribution is 2.34. The first-order chi connectivity index (χ1) is 19.5. The lowest BCUT2D eigenvalue weighted by atomic mass is 10.0. The molecule has 1 atom stereocenters. The van der Waals surface area contributed by atoms with Gasteiger partial charge < -0.3 is 14.8 Å².